The van der Waals surface area contributed by atoms with Crippen molar-refractivity contribution in [2.75, 3.05) is 47.5 Å². The van der Waals surface area contributed by atoms with Crippen LogP contribution in [0.5, 0.6) is 0 Å². The fourth-order valence-electron chi connectivity index (χ4n) is 6.13. The van der Waals surface area contributed by atoms with Crippen LogP contribution in [-0.2, 0) is 33.3 Å². The van der Waals surface area contributed by atoms with E-state index >= 15 is 0 Å². The summed E-state index contributed by atoms with van der Waals surface area (Å²) in [5.74, 6) is -2.40. The van der Waals surface area contributed by atoms with Gasteiger partial charge in [0, 0.05) is 12.8 Å². The summed E-state index contributed by atoms with van der Waals surface area (Å²) >= 11 is 0. The number of quaternary nitrogens is 1. The van der Waals surface area contributed by atoms with E-state index in [1.54, 1.807) is 0 Å². The number of carboxylic acids is 1. The van der Waals surface area contributed by atoms with Gasteiger partial charge in [-0.15, -0.1) is 0 Å². The van der Waals surface area contributed by atoms with E-state index in [1.165, 1.54) is 0 Å². The Kier molecular flexibility index (Phi) is 46.1. The highest BCUT2D eigenvalue weighted by atomic mass is 16.7. The van der Waals surface area contributed by atoms with E-state index in [4.69, 9.17) is 18.9 Å². The summed E-state index contributed by atoms with van der Waals surface area (Å²) in [7, 11) is 5.88. The summed E-state index contributed by atoms with van der Waals surface area (Å²) in [5, 5.41) is 11.7. The minimum Gasteiger partial charge on any atom is -0.545 e. The van der Waals surface area contributed by atoms with Crippen LogP contribution in [0.25, 0.3) is 0 Å². The fourth-order valence-corrected chi connectivity index (χ4v) is 6.13. The molecule has 2 atom stereocenters. The van der Waals surface area contributed by atoms with Crippen LogP contribution < -0.4 is 5.11 Å². The first-order chi connectivity index (χ1) is 33.6. The third-order valence-corrected chi connectivity index (χ3v) is 10.1. The number of nitrogens with zero attached hydrogens (tertiary/aromatic N) is 1. The second-order valence-corrected chi connectivity index (χ2v) is 17.7. The number of hydrogen-bond acceptors (Lipinski definition) is 8. The zero-order valence-corrected chi connectivity index (χ0v) is 43.6. The van der Waals surface area contributed by atoms with Gasteiger partial charge in [-0.25, -0.2) is 0 Å². The smallest absolute Gasteiger partial charge is 0.306 e. The molecular formula is C60H93NO8. The van der Waals surface area contributed by atoms with Gasteiger partial charge in [0.05, 0.1) is 40.3 Å². The van der Waals surface area contributed by atoms with Crippen LogP contribution in [0.1, 0.15) is 155 Å². The maximum atomic E-state index is 12.8. The molecule has 0 heterocycles. The standard InChI is InChI=1S/C60H93NO8/c1-6-8-10-12-14-16-18-20-22-24-26-28-29-31-33-35-37-39-41-43-45-47-49-51-58(63)69-56(55-68-60(59(64)65)66-53-52-61(3,4)5)54-67-57(62)50-48-46-44-42-40-38-36-34-32-30-27-25-23-21-19-17-15-13-11-9-7-2/h8-11,14-17,20-23,26-28,30-31,33-34,36-37,39-40,42,56,60H,6-7,12-13,18-19,24-25,29,32,35,38,41,43-55H2,1-5H3/b10-8-,11-9-,16-14-,17-15-,22-20-,23-21-,28-26-,30-27-,33-31-,36-34-,39-37-,42-40-. The number of ether oxygens (including phenoxy) is 4. The number of allylic oxidation sites excluding steroid dienone is 24. The Labute approximate surface area is 420 Å². The average Bonchev–Trinajstić information content (AvgIpc) is 3.31. The van der Waals surface area contributed by atoms with Gasteiger partial charge in [0.1, 0.15) is 13.2 Å². The Bertz CT molecular complexity index is 1630. The molecule has 386 valence electrons. The second-order valence-electron chi connectivity index (χ2n) is 17.7. The minimum absolute atomic E-state index is 0.125. The lowest BCUT2D eigenvalue weighted by Crippen LogP contribution is -2.44. The number of rotatable bonds is 45. The van der Waals surface area contributed by atoms with Crippen molar-refractivity contribution in [2.45, 2.75) is 167 Å². The summed E-state index contributed by atoms with van der Waals surface area (Å²) < 4.78 is 22.5. The predicted octanol–water partition coefficient (Wildman–Crippen LogP) is 13.6. The van der Waals surface area contributed by atoms with Gasteiger partial charge in [-0.1, -0.05) is 173 Å². The van der Waals surface area contributed by atoms with Crippen molar-refractivity contribution in [2.24, 2.45) is 0 Å². The van der Waals surface area contributed by atoms with Crippen LogP contribution in [0.4, 0.5) is 0 Å². The molecule has 0 aliphatic heterocycles. The van der Waals surface area contributed by atoms with Gasteiger partial charge in [0.25, 0.3) is 0 Å². The predicted molar refractivity (Wildman–Crippen MR) is 287 cm³/mol. The minimum atomic E-state index is -1.65. The van der Waals surface area contributed by atoms with Crippen molar-refractivity contribution in [3.8, 4) is 0 Å². The molecule has 0 amide bonds. The Morgan fingerprint density at radius 3 is 1.17 bits per heavy atom. The molecule has 2 unspecified atom stereocenters. The first-order valence-electron chi connectivity index (χ1n) is 26.0. The van der Waals surface area contributed by atoms with Gasteiger partial charge in [0.2, 0.25) is 0 Å². The highest BCUT2D eigenvalue weighted by molar-refractivity contribution is 5.70. The van der Waals surface area contributed by atoms with E-state index < -0.39 is 30.3 Å². The van der Waals surface area contributed by atoms with Crippen LogP contribution in [0.3, 0.4) is 0 Å². The van der Waals surface area contributed by atoms with E-state index in [0.717, 1.165) is 116 Å². The molecular weight excluding hydrogens is 863 g/mol. The number of hydrogen-bond donors (Lipinski definition) is 0. The molecule has 0 aromatic rings. The lowest BCUT2D eigenvalue weighted by atomic mass is 10.1. The summed E-state index contributed by atoms with van der Waals surface area (Å²) in [5.41, 5.74) is 0. The van der Waals surface area contributed by atoms with Crippen LogP contribution in [0.2, 0.25) is 0 Å². The molecule has 0 saturated carbocycles. The first-order valence-corrected chi connectivity index (χ1v) is 26.0. The van der Waals surface area contributed by atoms with Crippen molar-refractivity contribution in [3.63, 3.8) is 0 Å². The Hall–Kier alpha value is -4.83. The average molecular weight is 956 g/mol. The fraction of sp³-hybridized carbons (Fsp3) is 0.550. The molecule has 0 aliphatic carbocycles. The van der Waals surface area contributed by atoms with Crippen LogP contribution in [-0.4, -0.2) is 82.3 Å². The summed E-state index contributed by atoms with van der Waals surface area (Å²) in [6.07, 6.45) is 68.8. The number of carbonyl (C=O) groups is 3. The summed E-state index contributed by atoms with van der Waals surface area (Å²) in [6, 6.07) is 0. The molecule has 0 radical (unpaired) electrons. The Morgan fingerprint density at radius 2 is 0.783 bits per heavy atom. The number of esters is 2. The first kappa shape index (κ1) is 64.2. The topological polar surface area (TPSA) is 111 Å². The van der Waals surface area contributed by atoms with Gasteiger partial charge in [-0.2, -0.15) is 0 Å². The number of unbranched alkanes of at least 4 members (excludes halogenated alkanes) is 6. The molecule has 0 saturated heterocycles. The van der Waals surface area contributed by atoms with E-state index in [1.807, 2.05) is 21.1 Å². The van der Waals surface area contributed by atoms with E-state index in [0.29, 0.717) is 23.9 Å². The highest BCUT2D eigenvalue weighted by Crippen LogP contribution is 2.11. The monoisotopic (exact) mass is 956 g/mol. The molecule has 0 fully saturated rings. The molecule has 0 N–H and O–H groups in total. The SMILES string of the molecule is CC/C=C\C/C=C\C/C=C\C/C=C\C/C=C\C/C=C\CCCCCCC(=O)OC(COC(=O)CCCC/C=C\C/C=C\C/C=C\C/C=C\C/C=C\C/C=C\CC)COC(OCC[N+](C)(C)C)C(=O)[O-]. The Morgan fingerprint density at radius 1 is 0.435 bits per heavy atom. The van der Waals surface area contributed by atoms with E-state index in [2.05, 4.69) is 160 Å². The quantitative estimate of drug-likeness (QED) is 0.0195. The van der Waals surface area contributed by atoms with E-state index in [9.17, 15) is 19.5 Å². The second kappa shape index (κ2) is 49.6. The number of carbonyl (C=O) groups excluding carboxylic acids is 3. The molecule has 0 spiro atoms. The van der Waals surface area contributed by atoms with Crippen LogP contribution >= 0.6 is 0 Å². The lowest BCUT2D eigenvalue weighted by Gasteiger charge is -2.26. The molecule has 9 nitrogen and oxygen atoms in total. The van der Waals surface area contributed by atoms with Crippen molar-refractivity contribution >= 4 is 17.9 Å². The third kappa shape index (κ3) is 50.9. The number of aliphatic carboxylic acids is 1. The molecule has 0 bridgehead atoms. The van der Waals surface area contributed by atoms with Crippen molar-refractivity contribution in [1.29, 1.82) is 0 Å². The molecule has 0 aromatic carbocycles. The lowest BCUT2D eigenvalue weighted by molar-refractivity contribution is -0.870. The number of likely N-dealkylation sites (N-methyl/N-ethyl adjacent to an activating group) is 1. The third-order valence-electron chi connectivity index (χ3n) is 10.1. The van der Waals surface area contributed by atoms with Gasteiger partial charge < -0.3 is 33.3 Å². The van der Waals surface area contributed by atoms with Crippen molar-refractivity contribution in [3.05, 3.63) is 146 Å². The molecule has 0 rings (SSSR count). The molecule has 0 aromatic heterocycles. The van der Waals surface area contributed by atoms with Crippen molar-refractivity contribution in [1.82, 2.24) is 0 Å². The molecule has 69 heavy (non-hydrogen) atoms. The maximum absolute atomic E-state index is 12.8. The Balaban J connectivity index is 4.52. The zero-order chi connectivity index (χ0) is 50.6. The highest BCUT2D eigenvalue weighted by Gasteiger charge is 2.21. The summed E-state index contributed by atoms with van der Waals surface area (Å²) in [6.45, 7) is 4.39. The summed E-state index contributed by atoms with van der Waals surface area (Å²) in [4.78, 5) is 37.2. The normalized spacial score (nSPS) is 14.0. The number of carboxylic acid groups (broad SMARTS) is 1. The van der Waals surface area contributed by atoms with E-state index in [-0.39, 0.29) is 32.7 Å². The van der Waals surface area contributed by atoms with Crippen LogP contribution in [0, 0.1) is 0 Å². The maximum Gasteiger partial charge on any atom is 0.306 e. The van der Waals surface area contributed by atoms with Gasteiger partial charge in [-0.3, -0.25) is 9.59 Å². The van der Waals surface area contributed by atoms with Gasteiger partial charge in [-0.05, 0) is 116 Å². The van der Waals surface area contributed by atoms with Gasteiger partial charge in [0.15, 0.2) is 12.4 Å². The molecule has 0 aliphatic rings. The molecule has 9 heteroatoms. The van der Waals surface area contributed by atoms with Crippen molar-refractivity contribution < 1.29 is 42.9 Å². The van der Waals surface area contributed by atoms with Crippen LogP contribution in [0.15, 0.2) is 146 Å². The zero-order valence-electron chi connectivity index (χ0n) is 43.6. The largest absolute Gasteiger partial charge is 0.545 e. The van der Waals surface area contributed by atoms with Gasteiger partial charge >= 0.3 is 11.9 Å².